The number of rotatable bonds is 3. The first-order valence-electron chi connectivity index (χ1n) is 5.59. The molecular weight excluding hydrogens is 291 g/mol. The van der Waals surface area contributed by atoms with Gasteiger partial charge in [-0.15, -0.1) is 0 Å². The number of benzene rings is 1. The summed E-state index contributed by atoms with van der Waals surface area (Å²) in [6, 6.07) is 8.64. The summed E-state index contributed by atoms with van der Waals surface area (Å²) in [4.78, 5) is 3.71. The van der Waals surface area contributed by atoms with Gasteiger partial charge < -0.3 is 0 Å². The van der Waals surface area contributed by atoms with Crippen LogP contribution in [0.3, 0.4) is 0 Å². The number of halogens is 3. The third kappa shape index (κ3) is 3.36. The highest BCUT2D eigenvalue weighted by Crippen LogP contribution is 2.30. The maximum atomic E-state index is 12.6. The zero-order chi connectivity index (χ0) is 14.8. The summed E-state index contributed by atoms with van der Waals surface area (Å²) in [5.41, 5.74) is -0.795. The summed E-state index contributed by atoms with van der Waals surface area (Å²) < 4.78 is 61.7. The van der Waals surface area contributed by atoms with Crippen molar-refractivity contribution in [3.8, 4) is 0 Å². The van der Waals surface area contributed by atoms with Gasteiger partial charge in [0.25, 0.3) is 0 Å². The molecule has 0 aliphatic carbocycles. The molecule has 0 radical (unpaired) electrons. The lowest BCUT2D eigenvalue weighted by Crippen LogP contribution is -2.09. The summed E-state index contributed by atoms with van der Waals surface area (Å²) in [7, 11) is -3.75. The second-order valence-electron chi connectivity index (χ2n) is 4.13. The Balaban J connectivity index is 2.31. The molecule has 0 fully saturated rings. The van der Waals surface area contributed by atoms with E-state index in [1.54, 1.807) is 6.07 Å². The van der Waals surface area contributed by atoms with Gasteiger partial charge in [-0.25, -0.2) is 13.4 Å². The van der Waals surface area contributed by atoms with Crippen LogP contribution in [0, 0.1) is 0 Å². The van der Waals surface area contributed by atoms with Gasteiger partial charge in [-0.1, -0.05) is 24.3 Å². The molecule has 0 bridgehead atoms. The van der Waals surface area contributed by atoms with E-state index < -0.39 is 27.3 Å². The quantitative estimate of drug-likeness (QED) is 0.875. The van der Waals surface area contributed by atoms with Crippen LogP contribution in [0.25, 0.3) is 0 Å². The van der Waals surface area contributed by atoms with E-state index >= 15 is 0 Å². The number of hydrogen-bond donors (Lipinski definition) is 0. The standard InChI is InChI=1S/C13H10F3NO2S/c14-13(15,16)11-5-3-4-10(8-11)9-20(18,19)12-6-1-2-7-17-12/h1-8H,9H2. The molecule has 2 rings (SSSR count). The molecule has 1 heterocycles. The third-order valence-electron chi connectivity index (χ3n) is 2.57. The van der Waals surface area contributed by atoms with Crippen molar-refractivity contribution in [2.24, 2.45) is 0 Å². The summed E-state index contributed by atoms with van der Waals surface area (Å²) in [6.07, 6.45) is -3.18. The van der Waals surface area contributed by atoms with Gasteiger partial charge in [-0.3, -0.25) is 0 Å². The number of hydrogen-bond acceptors (Lipinski definition) is 3. The minimum Gasteiger partial charge on any atom is -0.245 e. The van der Waals surface area contributed by atoms with E-state index in [9.17, 15) is 21.6 Å². The van der Waals surface area contributed by atoms with Crippen molar-refractivity contribution in [3.63, 3.8) is 0 Å². The highest BCUT2D eigenvalue weighted by atomic mass is 32.2. The molecule has 1 aromatic heterocycles. The van der Waals surface area contributed by atoms with Crippen LogP contribution in [0.4, 0.5) is 13.2 Å². The van der Waals surface area contributed by atoms with E-state index in [0.717, 1.165) is 12.1 Å². The number of alkyl halides is 3. The highest BCUT2D eigenvalue weighted by Gasteiger charge is 2.30. The molecular formula is C13H10F3NO2S. The van der Waals surface area contributed by atoms with E-state index in [4.69, 9.17) is 0 Å². The molecule has 0 saturated carbocycles. The normalized spacial score (nSPS) is 12.3. The second-order valence-corrected chi connectivity index (χ2v) is 6.06. The Hall–Kier alpha value is -1.89. The van der Waals surface area contributed by atoms with Crippen LogP contribution in [0.15, 0.2) is 53.7 Å². The van der Waals surface area contributed by atoms with Crippen LogP contribution in [0.1, 0.15) is 11.1 Å². The first-order valence-corrected chi connectivity index (χ1v) is 7.24. The maximum Gasteiger partial charge on any atom is 0.416 e. The molecule has 0 saturated heterocycles. The lowest BCUT2D eigenvalue weighted by molar-refractivity contribution is -0.137. The van der Waals surface area contributed by atoms with E-state index in [2.05, 4.69) is 4.98 Å². The van der Waals surface area contributed by atoms with Crippen LogP contribution >= 0.6 is 0 Å². The van der Waals surface area contributed by atoms with E-state index in [-0.39, 0.29) is 10.6 Å². The Kier molecular flexibility index (Phi) is 3.80. The maximum absolute atomic E-state index is 12.6. The largest absolute Gasteiger partial charge is 0.416 e. The minimum atomic E-state index is -4.50. The molecule has 0 aliphatic rings. The Morgan fingerprint density at radius 3 is 2.40 bits per heavy atom. The Labute approximate surface area is 114 Å². The second kappa shape index (κ2) is 5.24. The van der Waals surface area contributed by atoms with Crippen LogP contribution in [-0.4, -0.2) is 13.4 Å². The van der Waals surface area contributed by atoms with Crippen LogP contribution in [-0.2, 0) is 21.8 Å². The highest BCUT2D eigenvalue weighted by molar-refractivity contribution is 7.90. The molecule has 0 amide bonds. The Morgan fingerprint density at radius 1 is 1.05 bits per heavy atom. The lowest BCUT2D eigenvalue weighted by Gasteiger charge is -2.09. The van der Waals surface area contributed by atoms with Crippen molar-refractivity contribution in [1.29, 1.82) is 0 Å². The molecule has 2 aromatic rings. The van der Waals surface area contributed by atoms with Gasteiger partial charge in [0.2, 0.25) is 0 Å². The minimum absolute atomic E-state index is 0.0745. The van der Waals surface area contributed by atoms with Gasteiger partial charge in [0, 0.05) is 6.20 Å². The van der Waals surface area contributed by atoms with Crippen molar-refractivity contribution in [2.45, 2.75) is 17.0 Å². The first kappa shape index (κ1) is 14.5. The first-order chi connectivity index (χ1) is 9.29. The van der Waals surface area contributed by atoms with E-state index in [1.165, 1.54) is 30.5 Å². The molecule has 0 aliphatic heterocycles. The van der Waals surface area contributed by atoms with Crippen LogP contribution in [0.5, 0.6) is 0 Å². The van der Waals surface area contributed by atoms with E-state index in [1.807, 2.05) is 0 Å². The SMILES string of the molecule is O=S(=O)(Cc1cccc(C(F)(F)F)c1)c1ccccn1. The molecule has 20 heavy (non-hydrogen) atoms. The zero-order valence-corrected chi connectivity index (χ0v) is 10.9. The molecule has 3 nitrogen and oxygen atoms in total. The van der Waals surface area contributed by atoms with E-state index in [0.29, 0.717) is 0 Å². The average Bonchev–Trinajstić information content (AvgIpc) is 2.38. The summed E-state index contributed by atoms with van der Waals surface area (Å²) in [6.45, 7) is 0. The van der Waals surface area contributed by atoms with Gasteiger partial charge in [0.05, 0.1) is 11.3 Å². The third-order valence-corrected chi connectivity index (χ3v) is 4.16. The van der Waals surface area contributed by atoms with Crippen LogP contribution < -0.4 is 0 Å². The number of aromatic nitrogens is 1. The summed E-state index contributed by atoms with van der Waals surface area (Å²) >= 11 is 0. The van der Waals surface area contributed by atoms with Gasteiger partial charge in [0.15, 0.2) is 14.9 Å². The zero-order valence-electron chi connectivity index (χ0n) is 10.1. The molecule has 1 aromatic carbocycles. The van der Waals surface area contributed by atoms with Gasteiger partial charge in [-0.2, -0.15) is 13.2 Å². The molecule has 106 valence electrons. The molecule has 0 spiro atoms. The lowest BCUT2D eigenvalue weighted by atomic mass is 10.1. The summed E-state index contributed by atoms with van der Waals surface area (Å²) in [5.74, 6) is -0.520. The monoisotopic (exact) mass is 301 g/mol. The van der Waals surface area contributed by atoms with Crippen molar-refractivity contribution >= 4 is 9.84 Å². The van der Waals surface area contributed by atoms with Gasteiger partial charge in [0.1, 0.15) is 0 Å². The fraction of sp³-hybridized carbons (Fsp3) is 0.154. The van der Waals surface area contributed by atoms with Crippen molar-refractivity contribution < 1.29 is 21.6 Å². The Bertz CT molecular complexity index is 697. The predicted octanol–water partition coefficient (Wildman–Crippen LogP) is 3.07. The molecule has 0 N–H and O–H groups in total. The topological polar surface area (TPSA) is 47.0 Å². The smallest absolute Gasteiger partial charge is 0.245 e. The molecule has 0 unspecified atom stereocenters. The number of pyridine rings is 1. The van der Waals surface area contributed by atoms with Crippen molar-refractivity contribution in [2.75, 3.05) is 0 Å². The molecule has 0 atom stereocenters. The number of sulfone groups is 1. The fourth-order valence-electron chi connectivity index (χ4n) is 1.66. The van der Waals surface area contributed by atoms with Crippen LogP contribution in [0.2, 0.25) is 0 Å². The predicted molar refractivity (Wildman–Crippen MR) is 66.6 cm³/mol. The van der Waals surface area contributed by atoms with Crippen molar-refractivity contribution in [3.05, 3.63) is 59.8 Å². The average molecular weight is 301 g/mol. The fourth-order valence-corrected chi connectivity index (χ4v) is 2.94. The van der Waals surface area contributed by atoms with Gasteiger partial charge in [-0.05, 0) is 23.8 Å². The Morgan fingerprint density at radius 2 is 1.80 bits per heavy atom. The van der Waals surface area contributed by atoms with Crippen molar-refractivity contribution in [1.82, 2.24) is 4.98 Å². The number of nitrogens with zero attached hydrogens (tertiary/aromatic N) is 1. The molecule has 7 heteroatoms. The summed E-state index contributed by atoms with van der Waals surface area (Å²) in [5, 5.41) is -0.155. The van der Waals surface area contributed by atoms with Gasteiger partial charge >= 0.3 is 6.18 Å².